The third-order valence-electron chi connectivity index (χ3n) is 4.98. The molecule has 3 aromatic carbocycles. The molecule has 0 aromatic heterocycles. The lowest BCUT2D eigenvalue weighted by atomic mass is 10.1. The molecule has 1 atom stereocenters. The lowest BCUT2D eigenvalue weighted by Gasteiger charge is -2.20. The van der Waals surface area contributed by atoms with Crippen LogP contribution in [0.5, 0.6) is 17.2 Å². The normalized spacial score (nSPS) is 12.0. The third kappa shape index (κ3) is 6.19. The zero-order valence-electron chi connectivity index (χ0n) is 18.9. The zero-order valence-corrected chi connectivity index (χ0v) is 20.4. The highest BCUT2D eigenvalue weighted by atomic mass is 35.5. The summed E-state index contributed by atoms with van der Waals surface area (Å²) in [6.07, 6.45) is 0.0983. The second kappa shape index (κ2) is 11.2. The molecule has 0 aliphatic rings. The summed E-state index contributed by atoms with van der Waals surface area (Å²) in [5.41, 5.74) is 1.10. The molecule has 180 valence electrons. The maximum Gasteiger partial charge on any atom is 0.245 e. The Balaban J connectivity index is 1.96. The number of ether oxygens (including phenoxy) is 3. The smallest absolute Gasteiger partial charge is 0.245 e. The number of anilines is 1. The molecule has 0 heterocycles. The maximum atomic E-state index is 13.3. The summed E-state index contributed by atoms with van der Waals surface area (Å²) in [7, 11) is 0.129. The van der Waals surface area contributed by atoms with Crippen LogP contribution in [-0.2, 0) is 21.2 Å². The van der Waals surface area contributed by atoms with E-state index in [1.54, 1.807) is 30.3 Å². The second-order valence-corrected chi connectivity index (χ2v) is 9.33. The molecule has 0 saturated carbocycles. The molecule has 2 N–H and O–H groups in total. The van der Waals surface area contributed by atoms with Crippen LogP contribution in [0.2, 0.25) is 5.02 Å². The van der Waals surface area contributed by atoms with E-state index in [4.69, 9.17) is 25.8 Å². The second-order valence-electron chi connectivity index (χ2n) is 7.21. The number of amides is 1. The van der Waals surface area contributed by atoms with Gasteiger partial charge in [-0.1, -0.05) is 41.9 Å². The summed E-state index contributed by atoms with van der Waals surface area (Å²) in [4.78, 5) is 13.1. The minimum Gasteiger partial charge on any atom is -0.497 e. The van der Waals surface area contributed by atoms with Gasteiger partial charge >= 0.3 is 0 Å². The summed E-state index contributed by atoms with van der Waals surface area (Å²) >= 11 is 6.03. The Labute approximate surface area is 203 Å². The molecule has 0 aliphatic heterocycles. The van der Waals surface area contributed by atoms with Gasteiger partial charge in [-0.15, -0.1) is 0 Å². The number of carbonyl (C=O) groups is 1. The molecule has 10 heteroatoms. The molecule has 0 unspecified atom stereocenters. The largest absolute Gasteiger partial charge is 0.497 e. The first-order valence-corrected chi connectivity index (χ1v) is 12.1. The Morgan fingerprint density at radius 1 is 0.912 bits per heavy atom. The third-order valence-corrected chi connectivity index (χ3v) is 6.70. The van der Waals surface area contributed by atoms with Crippen LogP contribution < -0.4 is 24.2 Å². The van der Waals surface area contributed by atoms with Gasteiger partial charge in [0.1, 0.15) is 28.2 Å². The predicted molar refractivity (Wildman–Crippen MR) is 130 cm³/mol. The van der Waals surface area contributed by atoms with Gasteiger partial charge in [-0.2, -0.15) is 4.72 Å². The number of hydrogen-bond acceptors (Lipinski definition) is 6. The van der Waals surface area contributed by atoms with E-state index in [-0.39, 0.29) is 22.1 Å². The Bertz CT molecular complexity index is 1250. The van der Waals surface area contributed by atoms with Crippen molar-refractivity contribution in [3.05, 3.63) is 77.3 Å². The fraction of sp³-hybridized carbons (Fsp3) is 0.208. The van der Waals surface area contributed by atoms with E-state index in [1.807, 2.05) is 18.2 Å². The van der Waals surface area contributed by atoms with Gasteiger partial charge in [0, 0.05) is 11.1 Å². The number of benzene rings is 3. The average molecular weight is 505 g/mol. The van der Waals surface area contributed by atoms with Crippen molar-refractivity contribution < 1.29 is 27.4 Å². The Morgan fingerprint density at radius 2 is 1.59 bits per heavy atom. The van der Waals surface area contributed by atoms with Crippen molar-refractivity contribution >= 4 is 33.2 Å². The van der Waals surface area contributed by atoms with E-state index in [1.165, 1.54) is 39.5 Å². The van der Waals surface area contributed by atoms with Gasteiger partial charge in [0.2, 0.25) is 15.9 Å². The number of nitrogens with one attached hydrogen (secondary N) is 2. The van der Waals surface area contributed by atoms with Crippen LogP contribution in [-0.4, -0.2) is 41.7 Å². The molecular weight excluding hydrogens is 480 g/mol. The molecule has 8 nitrogen and oxygen atoms in total. The van der Waals surface area contributed by atoms with Gasteiger partial charge < -0.3 is 19.5 Å². The van der Waals surface area contributed by atoms with E-state index in [0.29, 0.717) is 17.2 Å². The van der Waals surface area contributed by atoms with Gasteiger partial charge in [0.05, 0.1) is 27.0 Å². The minimum atomic E-state index is -4.19. The highest BCUT2D eigenvalue weighted by molar-refractivity contribution is 7.89. The summed E-state index contributed by atoms with van der Waals surface area (Å²) < 4.78 is 44.8. The van der Waals surface area contributed by atoms with Crippen LogP contribution in [0.3, 0.4) is 0 Å². The summed E-state index contributed by atoms with van der Waals surface area (Å²) in [5, 5.41) is 2.96. The van der Waals surface area contributed by atoms with E-state index in [2.05, 4.69) is 10.0 Å². The SMILES string of the molecule is COc1ccc(OC)c(NC(=O)[C@H](Cc2ccccc2)NS(=O)(=O)c2cc(Cl)ccc2OC)c1. The summed E-state index contributed by atoms with van der Waals surface area (Å²) in [6, 6.07) is 17.1. The van der Waals surface area contributed by atoms with Crippen molar-refractivity contribution in [2.45, 2.75) is 17.4 Å². The number of hydrogen-bond donors (Lipinski definition) is 2. The molecule has 0 radical (unpaired) electrons. The first kappa shape index (κ1) is 25.4. The van der Waals surface area contributed by atoms with Crippen molar-refractivity contribution in [1.29, 1.82) is 0 Å². The van der Waals surface area contributed by atoms with Crippen molar-refractivity contribution in [2.24, 2.45) is 0 Å². The zero-order chi connectivity index (χ0) is 24.7. The lowest BCUT2D eigenvalue weighted by Crippen LogP contribution is -2.45. The number of rotatable bonds is 10. The van der Waals surface area contributed by atoms with E-state index in [9.17, 15) is 13.2 Å². The molecule has 0 fully saturated rings. The summed E-state index contributed by atoms with van der Waals surface area (Å²) in [5.74, 6) is 0.414. The van der Waals surface area contributed by atoms with Crippen LogP contribution in [0, 0.1) is 0 Å². The van der Waals surface area contributed by atoms with E-state index < -0.39 is 22.0 Å². The van der Waals surface area contributed by atoms with Gasteiger partial charge in [0.25, 0.3) is 0 Å². The molecule has 34 heavy (non-hydrogen) atoms. The van der Waals surface area contributed by atoms with Gasteiger partial charge in [-0.05, 0) is 42.3 Å². The minimum absolute atomic E-state index is 0.0983. The summed E-state index contributed by atoms with van der Waals surface area (Å²) in [6.45, 7) is 0. The number of methoxy groups -OCH3 is 3. The Morgan fingerprint density at radius 3 is 2.24 bits per heavy atom. The number of sulfonamides is 1. The van der Waals surface area contributed by atoms with Crippen LogP contribution in [0.1, 0.15) is 5.56 Å². The Kier molecular flexibility index (Phi) is 8.38. The van der Waals surface area contributed by atoms with Gasteiger partial charge in [-0.3, -0.25) is 4.79 Å². The molecule has 0 spiro atoms. The highest BCUT2D eigenvalue weighted by Crippen LogP contribution is 2.30. The van der Waals surface area contributed by atoms with Crippen molar-refractivity contribution in [2.75, 3.05) is 26.6 Å². The van der Waals surface area contributed by atoms with Crippen LogP contribution >= 0.6 is 11.6 Å². The van der Waals surface area contributed by atoms with Crippen LogP contribution in [0.15, 0.2) is 71.6 Å². The number of halogens is 1. The van der Waals surface area contributed by atoms with Crippen molar-refractivity contribution in [3.8, 4) is 17.2 Å². The maximum absolute atomic E-state index is 13.3. The Hall–Kier alpha value is -3.27. The topological polar surface area (TPSA) is 103 Å². The molecular formula is C24H25ClN2O6S. The first-order valence-electron chi connectivity index (χ1n) is 10.2. The number of carbonyl (C=O) groups excluding carboxylic acids is 1. The molecule has 0 bridgehead atoms. The van der Waals surface area contributed by atoms with Gasteiger partial charge in [-0.25, -0.2) is 8.42 Å². The van der Waals surface area contributed by atoms with E-state index >= 15 is 0 Å². The molecule has 3 rings (SSSR count). The lowest BCUT2D eigenvalue weighted by molar-refractivity contribution is -0.117. The predicted octanol–water partition coefficient (Wildman–Crippen LogP) is 3.89. The van der Waals surface area contributed by atoms with Crippen molar-refractivity contribution in [1.82, 2.24) is 4.72 Å². The quantitative estimate of drug-likeness (QED) is 0.434. The average Bonchev–Trinajstić information content (AvgIpc) is 2.84. The van der Waals surface area contributed by atoms with E-state index in [0.717, 1.165) is 5.56 Å². The fourth-order valence-corrected chi connectivity index (χ4v) is 4.91. The van der Waals surface area contributed by atoms with Crippen LogP contribution in [0.25, 0.3) is 0 Å². The molecule has 3 aromatic rings. The highest BCUT2D eigenvalue weighted by Gasteiger charge is 2.29. The monoisotopic (exact) mass is 504 g/mol. The van der Waals surface area contributed by atoms with Crippen molar-refractivity contribution in [3.63, 3.8) is 0 Å². The fourth-order valence-electron chi connectivity index (χ4n) is 3.28. The van der Waals surface area contributed by atoms with Gasteiger partial charge in [0.15, 0.2) is 0 Å². The molecule has 1 amide bonds. The first-order chi connectivity index (χ1) is 16.3. The van der Waals surface area contributed by atoms with Crippen LogP contribution in [0.4, 0.5) is 5.69 Å². The molecule has 0 saturated heterocycles. The standard InChI is InChI=1S/C24H25ClN2O6S/c1-31-18-10-12-21(32-2)19(15-18)26-24(28)20(13-16-7-5-4-6-8-16)27-34(29,30)23-14-17(25)9-11-22(23)33-3/h4-12,14-15,20,27H,13H2,1-3H3,(H,26,28)/t20-/m0/s1. The molecule has 0 aliphatic carbocycles.